The van der Waals surface area contributed by atoms with E-state index < -0.39 is 0 Å². The Labute approximate surface area is 120 Å². The lowest BCUT2D eigenvalue weighted by atomic mass is 10.1. The normalized spacial score (nSPS) is 12.1. The molecular weight excluding hydrogens is 254 g/mol. The highest BCUT2D eigenvalue weighted by atomic mass is 32.1. The van der Waals surface area contributed by atoms with E-state index in [2.05, 4.69) is 53.7 Å². The summed E-state index contributed by atoms with van der Waals surface area (Å²) in [6.45, 7) is 7.67. The van der Waals surface area contributed by atoms with Crippen LogP contribution in [0.4, 0.5) is 0 Å². The molecule has 0 saturated carbocycles. The average molecular weight is 279 g/mol. The van der Waals surface area contributed by atoms with Gasteiger partial charge in [0.05, 0.1) is 11.4 Å². The van der Waals surface area contributed by atoms with Crippen LogP contribution in [0.5, 0.6) is 0 Å². The van der Waals surface area contributed by atoms with Crippen LogP contribution in [0.2, 0.25) is 0 Å². The quantitative estimate of drug-likeness (QED) is 0.760. The second-order valence-corrected chi connectivity index (χ2v) is 6.22. The first-order chi connectivity index (χ1) is 9.17. The zero-order valence-corrected chi connectivity index (χ0v) is 13.3. The van der Waals surface area contributed by atoms with Crippen molar-refractivity contribution in [1.29, 1.82) is 0 Å². The van der Waals surface area contributed by atoms with Gasteiger partial charge in [0.2, 0.25) is 0 Å². The second kappa shape index (κ2) is 6.53. The second-order valence-electron chi connectivity index (χ2n) is 5.35. The van der Waals surface area contributed by atoms with Gasteiger partial charge in [-0.1, -0.05) is 26.7 Å². The highest BCUT2D eigenvalue weighted by molar-refractivity contribution is 7.15. The Kier molecular flexibility index (Phi) is 4.99. The molecule has 0 N–H and O–H groups in total. The van der Waals surface area contributed by atoms with E-state index in [-0.39, 0.29) is 0 Å². The van der Waals surface area contributed by atoms with Crippen molar-refractivity contribution in [3.8, 4) is 0 Å². The van der Waals surface area contributed by atoms with Gasteiger partial charge in [0, 0.05) is 24.2 Å². The number of aryl methyl sites for hydroxylation is 1. The first-order valence-corrected chi connectivity index (χ1v) is 8.16. The third-order valence-corrected chi connectivity index (χ3v) is 4.58. The minimum Gasteiger partial charge on any atom is -0.298 e. The van der Waals surface area contributed by atoms with Crippen molar-refractivity contribution in [3.05, 3.63) is 23.0 Å². The standard InChI is InChI=1S/C15H25N3S/c1-5-7-13(8-6-2)17(4)11-14-12(3)16-15-18(14)9-10-19-15/h9-10,13H,5-8,11H2,1-4H3. The van der Waals surface area contributed by atoms with E-state index in [0.717, 1.165) is 11.5 Å². The third-order valence-electron chi connectivity index (χ3n) is 3.83. The average Bonchev–Trinajstić information content (AvgIpc) is 2.92. The minimum atomic E-state index is 0.693. The fraction of sp³-hybridized carbons (Fsp3) is 0.667. The van der Waals surface area contributed by atoms with Crippen LogP contribution < -0.4 is 0 Å². The molecule has 0 saturated heterocycles. The number of fused-ring (bicyclic) bond motifs is 1. The van der Waals surface area contributed by atoms with Crippen molar-refractivity contribution in [2.75, 3.05) is 7.05 Å². The number of hydrogen-bond donors (Lipinski definition) is 0. The van der Waals surface area contributed by atoms with Gasteiger partial charge in [-0.3, -0.25) is 9.30 Å². The van der Waals surface area contributed by atoms with E-state index in [4.69, 9.17) is 0 Å². The lowest BCUT2D eigenvalue weighted by Gasteiger charge is -2.27. The number of rotatable bonds is 7. The molecule has 2 heterocycles. The molecule has 3 nitrogen and oxygen atoms in total. The molecule has 2 rings (SSSR count). The van der Waals surface area contributed by atoms with Gasteiger partial charge in [0.25, 0.3) is 0 Å². The Morgan fingerprint density at radius 2 is 2.00 bits per heavy atom. The number of nitrogens with zero attached hydrogens (tertiary/aromatic N) is 3. The van der Waals surface area contributed by atoms with Gasteiger partial charge in [0.15, 0.2) is 4.96 Å². The zero-order valence-electron chi connectivity index (χ0n) is 12.5. The van der Waals surface area contributed by atoms with Crippen LogP contribution in [-0.2, 0) is 6.54 Å². The molecule has 4 heteroatoms. The van der Waals surface area contributed by atoms with E-state index in [9.17, 15) is 0 Å². The maximum Gasteiger partial charge on any atom is 0.194 e. The van der Waals surface area contributed by atoms with E-state index in [1.807, 2.05) is 0 Å². The molecule has 0 aliphatic carbocycles. The van der Waals surface area contributed by atoms with Gasteiger partial charge in [-0.2, -0.15) is 0 Å². The maximum atomic E-state index is 4.63. The summed E-state index contributed by atoms with van der Waals surface area (Å²) >= 11 is 1.71. The molecule has 0 atom stereocenters. The minimum absolute atomic E-state index is 0.693. The van der Waals surface area contributed by atoms with Gasteiger partial charge >= 0.3 is 0 Å². The van der Waals surface area contributed by atoms with E-state index in [1.165, 1.54) is 37.1 Å². The lowest BCUT2D eigenvalue weighted by molar-refractivity contribution is 0.205. The molecule has 0 aliphatic rings. The molecule has 106 valence electrons. The molecule has 2 aromatic heterocycles. The predicted molar refractivity (Wildman–Crippen MR) is 82.9 cm³/mol. The molecule has 0 aromatic carbocycles. The number of imidazole rings is 1. The summed E-state index contributed by atoms with van der Waals surface area (Å²) in [5, 5.41) is 2.11. The molecule has 0 unspecified atom stereocenters. The zero-order chi connectivity index (χ0) is 13.8. The molecule has 0 radical (unpaired) electrons. The Morgan fingerprint density at radius 1 is 1.32 bits per heavy atom. The van der Waals surface area contributed by atoms with Crippen LogP contribution in [0.1, 0.15) is 50.9 Å². The summed E-state index contributed by atoms with van der Waals surface area (Å²) in [7, 11) is 2.25. The molecule has 19 heavy (non-hydrogen) atoms. The SMILES string of the molecule is CCCC(CCC)N(C)Cc1c(C)nc2sccn12. The van der Waals surface area contributed by atoms with Crippen molar-refractivity contribution in [3.63, 3.8) is 0 Å². The summed E-state index contributed by atoms with van der Waals surface area (Å²) < 4.78 is 2.24. The van der Waals surface area contributed by atoms with Crippen LogP contribution in [0.25, 0.3) is 4.96 Å². The summed E-state index contributed by atoms with van der Waals surface area (Å²) in [5.41, 5.74) is 2.52. The molecule has 0 aliphatic heterocycles. The van der Waals surface area contributed by atoms with Gasteiger partial charge in [0.1, 0.15) is 0 Å². The number of thiazole rings is 1. The largest absolute Gasteiger partial charge is 0.298 e. The Balaban J connectivity index is 2.14. The van der Waals surface area contributed by atoms with E-state index >= 15 is 0 Å². The van der Waals surface area contributed by atoms with Gasteiger partial charge < -0.3 is 0 Å². The number of hydrogen-bond acceptors (Lipinski definition) is 3. The molecule has 0 bridgehead atoms. The Morgan fingerprint density at radius 3 is 2.63 bits per heavy atom. The number of aromatic nitrogens is 2. The molecule has 2 aromatic rings. The van der Waals surface area contributed by atoms with Crippen LogP contribution >= 0.6 is 11.3 Å². The summed E-state index contributed by atoms with van der Waals surface area (Å²) in [6.07, 6.45) is 7.23. The van der Waals surface area contributed by atoms with Crippen LogP contribution in [-0.4, -0.2) is 27.4 Å². The van der Waals surface area contributed by atoms with Crippen molar-refractivity contribution in [2.45, 2.75) is 59.0 Å². The van der Waals surface area contributed by atoms with E-state index in [0.29, 0.717) is 6.04 Å². The van der Waals surface area contributed by atoms with Gasteiger partial charge in [-0.15, -0.1) is 11.3 Å². The Hall–Kier alpha value is -0.870. The third kappa shape index (κ3) is 3.18. The van der Waals surface area contributed by atoms with Crippen LogP contribution in [0, 0.1) is 6.92 Å². The van der Waals surface area contributed by atoms with Crippen molar-refractivity contribution < 1.29 is 0 Å². The van der Waals surface area contributed by atoms with Crippen LogP contribution in [0.3, 0.4) is 0 Å². The summed E-state index contributed by atoms with van der Waals surface area (Å²) in [4.78, 5) is 8.25. The first kappa shape index (κ1) is 14.5. The summed E-state index contributed by atoms with van der Waals surface area (Å²) in [6, 6.07) is 0.693. The van der Waals surface area contributed by atoms with Crippen molar-refractivity contribution in [2.24, 2.45) is 0 Å². The highest BCUT2D eigenvalue weighted by Crippen LogP contribution is 2.20. The summed E-state index contributed by atoms with van der Waals surface area (Å²) in [5.74, 6) is 0. The molecule has 0 spiro atoms. The lowest BCUT2D eigenvalue weighted by Crippen LogP contribution is -2.31. The topological polar surface area (TPSA) is 20.5 Å². The maximum absolute atomic E-state index is 4.63. The molecule has 0 amide bonds. The fourth-order valence-electron chi connectivity index (χ4n) is 2.75. The predicted octanol–water partition coefficient (Wildman–Crippen LogP) is 4.10. The van der Waals surface area contributed by atoms with E-state index in [1.54, 1.807) is 11.3 Å². The molecule has 0 fully saturated rings. The van der Waals surface area contributed by atoms with Crippen molar-refractivity contribution in [1.82, 2.24) is 14.3 Å². The smallest absolute Gasteiger partial charge is 0.194 e. The highest BCUT2D eigenvalue weighted by Gasteiger charge is 2.17. The first-order valence-electron chi connectivity index (χ1n) is 7.28. The Bertz CT molecular complexity index is 508. The fourth-order valence-corrected chi connectivity index (χ4v) is 3.53. The van der Waals surface area contributed by atoms with Crippen LogP contribution in [0.15, 0.2) is 11.6 Å². The van der Waals surface area contributed by atoms with Crippen molar-refractivity contribution >= 4 is 16.3 Å². The van der Waals surface area contributed by atoms with Gasteiger partial charge in [-0.25, -0.2) is 4.98 Å². The monoisotopic (exact) mass is 279 g/mol. The molecular formula is C15H25N3S. The van der Waals surface area contributed by atoms with Gasteiger partial charge in [-0.05, 0) is 26.8 Å².